The molecular formula is C10H17O4. The van der Waals surface area contributed by atoms with E-state index in [1.165, 1.54) is 0 Å². The number of hydrogen-bond donors (Lipinski definition) is 1. The van der Waals surface area contributed by atoms with Crippen LogP contribution in [-0.2, 0) is 14.3 Å². The van der Waals surface area contributed by atoms with Crippen molar-refractivity contribution in [3.63, 3.8) is 0 Å². The zero-order chi connectivity index (χ0) is 11.0. The smallest absolute Gasteiger partial charge is 0.330 e. The molecule has 0 rings (SSSR count). The summed E-state index contributed by atoms with van der Waals surface area (Å²) >= 11 is 0. The fourth-order valence-corrected chi connectivity index (χ4v) is 0.752. The lowest BCUT2D eigenvalue weighted by Crippen LogP contribution is -2.32. The zero-order valence-corrected chi connectivity index (χ0v) is 8.44. The van der Waals surface area contributed by atoms with Crippen LogP contribution in [0.4, 0.5) is 0 Å². The minimum absolute atomic E-state index is 0.140. The third kappa shape index (κ3) is 5.72. The molecule has 0 saturated heterocycles. The molecule has 0 aliphatic carbocycles. The molecule has 0 spiro atoms. The molecule has 14 heavy (non-hydrogen) atoms. The summed E-state index contributed by atoms with van der Waals surface area (Å²) in [4.78, 5) is 10.8. The number of carbonyl (C=O) groups is 1. The van der Waals surface area contributed by atoms with Crippen LogP contribution >= 0.6 is 0 Å². The van der Waals surface area contributed by atoms with Crippen molar-refractivity contribution in [2.24, 2.45) is 0 Å². The maximum absolute atomic E-state index is 10.8. The number of esters is 1. The molecule has 0 bridgehead atoms. The van der Waals surface area contributed by atoms with Crippen LogP contribution in [0.1, 0.15) is 13.3 Å². The summed E-state index contributed by atoms with van der Waals surface area (Å²) < 4.78 is 9.84. The highest BCUT2D eigenvalue weighted by atomic mass is 16.6. The molecule has 0 aromatic carbocycles. The molecule has 0 aliphatic rings. The summed E-state index contributed by atoms with van der Waals surface area (Å²) in [6.45, 7) is 9.06. The Morgan fingerprint density at radius 3 is 2.79 bits per heavy atom. The molecule has 4 heteroatoms. The van der Waals surface area contributed by atoms with E-state index in [2.05, 4.69) is 13.5 Å². The van der Waals surface area contributed by atoms with Crippen LogP contribution in [0, 0.1) is 6.92 Å². The number of rotatable bonds is 7. The molecule has 2 unspecified atom stereocenters. The Kier molecular flexibility index (Phi) is 7.06. The zero-order valence-electron chi connectivity index (χ0n) is 8.44. The van der Waals surface area contributed by atoms with Gasteiger partial charge in [0.15, 0.2) is 0 Å². The van der Waals surface area contributed by atoms with E-state index in [1.807, 2.05) is 0 Å². The largest absolute Gasteiger partial charge is 0.457 e. The summed E-state index contributed by atoms with van der Waals surface area (Å²) in [5.74, 6) is -0.547. The molecule has 1 radical (unpaired) electrons. The molecular weight excluding hydrogens is 184 g/mol. The maximum atomic E-state index is 10.8. The molecule has 0 aromatic heterocycles. The molecule has 2 atom stereocenters. The molecule has 4 nitrogen and oxygen atoms in total. The van der Waals surface area contributed by atoms with Gasteiger partial charge < -0.3 is 14.6 Å². The molecule has 1 N–H and O–H groups in total. The van der Waals surface area contributed by atoms with Crippen LogP contribution in [0.3, 0.4) is 0 Å². The van der Waals surface area contributed by atoms with E-state index < -0.39 is 18.2 Å². The Morgan fingerprint density at radius 1 is 1.64 bits per heavy atom. The van der Waals surface area contributed by atoms with Crippen LogP contribution in [0.5, 0.6) is 0 Å². The van der Waals surface area contributed by atoms with E-state index in [1.54, 1.807) is 6.92 Å². The fraction of sp³-hybridized carbons (Fsp3) is 0.600. The quantitative estimate of drug-likeness (QED) is 0.374. The van der Waals surface area contributed by atoms with Crippen molar-refractivity contribution in [1.29, 1.82) is 0 Å². The normalized spacial score (nSPS) is 14.5. The van der Waals surface area contributed by atoms with Gasteiger partial charge in [0.25, 0.3) is 0 Å². The van der Waals surface area contributed by atoms with Gasteiger partial charge in [-0.05, 0) is 13.3 Å². The lowest BCUT2D eigenvalue weighted by Gasteiger charge is -2.18. The molecule has 0 fully saturated rings. The summed E-state index contributed by atoms with van der Waals surface area (Å²) in [5.41, 5.74) is 0. The van der Waals surface area contributed by atoms with Gasteiger partial charge in [-0.15, -0.1) is 0 Å². The number of aliphatic hydroxyl groups excluding tert-OH is 1. The van der Waals surface area contributed by atoms with Crippen LogP contribution < -0.4 is 0 Å². The second-order valence-corrected chi connectivity index (χ2v) is 2.84. The van der Waals surface area contributed by atoms with E-state index in [-0.39, 0.29) is 6.61 Å². The minimum Gasteiger partial charge on any atom is -0.457 e. The van der Waals surface area contributed by atoms with Gasteiger partial charge in [-0.3, -0.25) is 0 Å². The van der Waals surface area contributed by atoms with Gasteiger partial charge in [-0.2, -0.15) is 0 Å². The second kappa shape index (κ2) is 7.53. The predicted octanol–water partition coefficient (Wildman–Crippen LogP) is 0.706. The average Bonchev–Trinajstić information content (AvgIpc) is 2.17. The van der Waals surface area contributed by atoms with Gasteiger partial charge in [-0.1, -0.05) is 13.5 Å². The van der Waals surface area contributed by atoms with E-state index >= 15 is 0 Å². The first-order valence-electron chi connectivity index (χ1n) is 4.50. The highest BCUT2D eigenvalue weighted by Crippen LogP contribution is 2.00. The predicted molar refractivity (Wildman–Crippen MR) is 52.6 cm³/mol. The summed E-state index contributed by atoms with van der Waals surface area (Å²) in [6.07, 6.45) is 0.295. The van der Waals surface area contributed by atoms with Crippen molar-refractivity contribution >= 4 is 5.97 Å². The van der Waals surface area contributed by atoms with Gasteiger partial charge in [0.05, 0.1) is 6.61 Å². The van der Waals surface area contributed by atoms with Gasteiger partial charge in [-0.25, -0.2) is 4.79 Å². The van der Waals surface area contributed by atoms with E-state index in [0.717, 1.165) is 6.08 Å². The summed E-state index contributed by atoms with van der Waals surface area (Å²) in [7, 11) is 0. The molecule has 0 aromatic rings. The summed E-state index contributed by atoms with van der Waals surface area (Å²) in [5, 5.41) is 9.43. The van der Waals surface area contributed by atoms with E-state index in [4.69, 9.17) is 9.47 Å². The number of hydrogen-bond acceptors (Lipinski definition) is 4. The Balaban J connectivity index is 3.69. The van der Waals surface area contributed by atoms with Crippen molar-refractivity contribution in [3.05, 3.63) is 19.6 Å². The van der Waals surface area contributed by atoms with Gasteiger partial charge in [0.2, 0.25) is 0 Å². The lowest BCUT2D eigenvalue weighted by molar-refractivity contribution is -0.149. The fourth-order valence-electron chi connectivity index (χ4n) is 0.752. The Bertz CT molecular complexity index is 179. The Morgan fingerprint density at radius 2 is 2.29 bits per heavy atom. The molecule has 0 heterocycles. The first-order chi connectivity index (χ1) is 6.61. The Labute approximate surface area is 84.5 Å². The SMILES string of the molecule is [CH2]CCOCC(O)C(C)OC(=O)C=C. The van der Waals surface area contributed by atoms with Crippen molar-refractivity contribution in [3.8, 4) is 0 Å². The minimum atomic E-state index is -0.814. The third-order valence-electron chi connectivity index (χ3n) is 1.59. The van der Waals surface area contributed by atoms with Crippen molar-refractivity contribution in [1.82, 2.24) is 0 Å². The van der Waals surface area contributed by atoms with Crippen LogP contribution in [0.15, 0.2) is 12.7 Å². The standard InChI is InChI=1S/C10H17O4/c1-4-6-13-7-9(11)8(3)14-10(12)5-2/h5,8-9,11H,1-2,4,6-7H2,3H3. The van der Waals surface area contributed by atoms with Crippen LogP contribution in [0.2, 0.25) is 0 Å². The molecule has 0 amide bonds. The number of aliphatic hydroxyl groups is 1. The van der Waals surface area contributed by atoms with Crippen molar-refractivity contribution in [2.45, 2.75) is 25.6 Å². The van der Waals surface area contributed by atoms with Gasteiger partial charge >= 0.3 is 5.97 Å². The maximum Gasteiger partial charge on any atom is 0.330 e. The number of ether oxygens (including phenoxy) is 2. The van der Waals surface area contributed by atoms with Crippen molar-refractivity contribution < 1.29 is 19.4 Å². The van der Waals surface area contributed by atoms with Crippen molar-refractivity contribution in [2.75, 3.05) is 13.2 Å². The first kappa shape index (κ1) is 13.1. The van der Waals surface area contributed by atoms with Crippen LogP contribution in [0.25, 0.3) is 0 Å². The van der Waals surface area contributed by atoms with Gasteiger partial charge in [0.1, 0.15) is 12.2 Å². The monoisotopic (exact) mass is 201 g/mol. The number of carbonyl (C=O) groups excluding carboxylic acids is 1. The van der Waals surface area contributed by atoms with E-state index in [0.29, 0.717) is 13.0 Å². The summed E-state index contributed by atoms with van der Waals surface area (Å²) in [6, 6.07) is 0. The third-order valence-corrected chi connectivity index (χ3v) is 1.59. The highest BCUT2D eigenvalue weighted by Gasteiger charge is 2.17. The topological polar surface area (TPSA) is 55.8 Å². The molecule has 0 saturated carbocycles. The Hall–Kier alpha value is -0.870. The van der Waals surface area contributed by atoms with Gasteiger partial charge in [0, 0.05) is 12.7 Å². The van der Waals surface area contributed by atoms with E-state index in [9.17, 15) is 9.90 Å². The molecule has 0 aliphatic heterocycles. The second-order valence-electron chi connectivity index (χ2n) is 2.84. The molecule has 81 valence electrons. The van der Waals surface area contributed by atoms with Crippen LogP contribution in [-0.4, -0.2) is 36.5 Å². The lowest BCUT2D eigenvalue weighted by atomic mass is 10.2. The average molecular weight is 201 g/mol. The highest BCUT2D eigenvalue weighted by molar-refractivity contribution is 5.81. The first-order valence-corrected chi connectivity index (χ1v) is 4.50.